The Morgan fingerprint density at radius 3 is 2.50 bits per heavy atom. The molecule has 1 N–H and O–H groups in total. The molecule has 1 aliphatic rings. The second-order valence-electron chi connectivity index (χ2n) is 6.17. The molecule has 22 heavy (non-hydrogen) atoms. The fourth-order valence-electron chi connectivity index (χ4n) is 2.18. The lowest BCUT2D eigenvalue weighted by Gasteiger charge is -2.09. The van der Waals surface area contributed by atoms with Crippen LogP contribution in [0.1, 0.15) is 51.1 Å². The minimum Gasteiger partial charge on any atom is -0.351 e. The molecule has 1 fully saturated rings. The van der Waals surface area contributed by atoms with Crippen LogP contribution in [0.2, 0.25) is 0 Å². The Morgan fingerprint density at radius 1 is 1.23 bits per heavy atom. The second kappa shape index (κ2) is 5.87. The van der Waals surface area contributed by atoms with Crippen molar-refractivity contribution >= 4 is 5.91 Å². The smallest absolute Gasteiger partial charge is 0.246 e. The number of nitrogens with one attached hydrogen (secondary N) is 1. The van der Waals surface area contributed by atoms with Crippen LogP contribution in [0.15, 0.2) is 24.3 Å². The number of amides is 1. The van der Waals surface area contributed by atoms with Crippen LogP contribution in [0.4, 0.5) is 0 Å². The summed E-state index contributed by atoms with van der Waals surface area (Å²) < 4.78 is 0. The quantitative estimate of drug-likeness (QED) is 0.919. The molecule has 0 unspecified atom stereocenters. The van der Waals surface area contributed by atoms with Gasteiger partial charge in [-0.2, -0.15) is 4.80 Å². The van der Waals surface area contributed by atoms with E-state index in [0.717, 1.165) is 18.4 Å². The summed E-state index contributed by atoms with van der Waals surface area (Å²) in [5.74, 6) is 0.979. The van der Waals surface area contributed by atoms with Gasteiger partial charge in [-0.3, -0.25) is 4.79 Å². The van der Waals surface area contributed by atoms with E-state index in [1.54, 1.807) is 6.92 Å². The Kier molecular flexibility index (Phi) is 3.92. The Hall–Kier alpha value is -2.24. The highest BCUT2D eigenvalue weighted by molar-refractivity contribution is 5.80. The Labute approximate surface area is 129 Å². The average molecular weight is 299 g/mol. The number of hydrogen-bond acceptors (Lipinski definition) is 4. The third-order valence-corrected chi connectivity index (χ3v) is 3.91. The van der Waals surface area contributed by atoms with E-state index in [2.05, 4.69) is 46.7 Å². The summed E-state index contributed by atoms with van der Waals surface area (Å²) in [6.07, 6.45) is 2.13. The number of benzene rings is 1. The Balaban J connectivity index is 1.73. The van der Waals surface area contributed by atoms with E-state index < -0.39 is 6.04 Å². The number of carbonyl (C=O) groups excluding carboxylic acids is 1. The van der Waals surface area contributed by atoms with Crippen LogP contribution in [0.25, 0.3) is 11.4 Å². The maximum Gasteiger partial charge on any atom is 0.246 e. The molecular weight excluding hydrogens is 278 g/mol. The third kappa shape index (κ3) is 3.16. The minimum absolute atomic E-state index is 0.0541. The summed E-state index contributed by atoms with van der Waals surface area (Å²) in [5.41, 5.74) is 2.18. The molecule has 0 saturated heterocycles. The summed E-state index contributed by atoms with van der Waals surface area (Å²) in [4.78, 5) is 13.4. The summed E-state index contributed by atoms with van der Waals surface area (Å²) in [5, 5.41) is 15.4. The zero-order chi connectivity index (χ0) is 15.7. The molecule has 1 aromatic carbocycles. The van der Waals surface area contributed by atoms with Gasteiger partial charge < -0.3 is 5.32 Å². The number of hydrogen-bond donors (Lipinski definition) is 1. The highest BCUT2D eigenvalue weighted by Gasteiger charge is 2.27. The first-order chi connectivity index (χ1) is 10.5. The van der Waals surface area contributed by atoms with Crippen LogP contribution in [0, 0.1) is 0 Å². The van der Waals surface area contributed by atoms with Crippen molar-refractivity contribution in [3.05, 3.63) is 29.8 Å². The standard InChI is InChI=1S/C16H21N5O/c1-10(2)12-4-6-13(7-5-12)15-18-20-21(19-15)11(3)16(22)17-14-8-9-14/h4-7,10-11,14H,8-9H2,1-3H3,(H,17,22)/t11-/m0/s1. The first kappa shape index (κ1) is 14.7. The summed E-state index contributed by atoms with van der Waals surface area (Å²) in [6.45, 7) is 6.10. The molecule has 6 nitrogen and oxygen atoms in total. The molecule has 0 spiro atoms. The van der Waals surface area contributed by atoms with Gasteiger partial charge in [0.05, 0.1) is 0 Å². The number of nitrogens with zero attached hydrogens (tertiary/aromatic N) is 4. The fourth-order valence-corrected chi connectivity index (χ4v) is 2.18. The molecule has 116 valence electrons. The van der Waals surface area contributed by atoms with Gasteiger partial charge in [0.25, 0.3) is 0 Å². The van der Waals surface area contributed by atoms with E-state index in [1.807, 2.05) is 12.1 Å². The maximum absolute atomic E-state index is 12.0. The topological polar surface area (TPSA) is 72.7 Å². The van der Waals surface area contributed by atoms with Gasteiger partial charge >= 0.3 is 0 Å². The van der Waals surface area contributed by atoms with Crippen molar-refractivity contribution in [2.24, 2.45) is 0 Å². The van der Waals surface area contributed by atoms with Gasteiger partial charge in [-0.25, -0.2) is 0 Å². The van der Waals surface area contributed by atoms with Gasteiger partial charge in [0, 0.05) is 11.6 Å². The summed E-state index contributed by atoms with van der Waals surface area (Å²) >= 11 is 0. The van der Waals surface area contributed by atoms with Crippen LogP contribution >= 0.6 is 0 Å². The molecular formula is C16H21N5O. The monoisotopic (exact) mass is 299 g/mol. The minimum atomic E-state index is -0.447. The zero-order valence-corrected chi connectivity index (χ0v) is 13.2. The van der Waals surface area contributed by atoms with Gasteiger partial charge in [0.2, 0.25) is 11.7 Å². The lowest BCUT2D eigenvalue weighted by Crippen LogP contribution is -2.33. The number of carbonyl (C=O) groups is 1. The highest BCUT2D eigenvalue weighted by Crippen LogP contribution is 2.21. The van der Waals surface area contributed by atoms with Crippen molar-refractivity contribution in [1.82, 2.24) is 25.5 Å². The summed E-state index contributed by atoms with van der Waals surface area (Å²) in [7, 11) is 0. The van der Waals surface area contributed by atoms with Crippen molar-refractivity contribution in [3.63, 3.8) is 0 Å². The van der Waals surface area contributed by atoms with Crippen molar-refractivity contribution in [2.45, 2.75) is 51.6 Å². The van der Waals surface area contributed by atoms with Crippen molar-refractivity contribution in [1.29, 1.82) is 0 Å². The molecule has 6 heteroatoms. The van der Waals surface area contributed by atoms with E-state index in [1.165, 1.54) is 10.4 Å². The highest BCUT2D eigenvalue weighted by atomic mass is 16.2. The fraction of sp³-hybridized carbons (Fsp3) is 0.500. The molecule has 1 atom stereocenters. The molecule has 1 aliphatic carbocycles. The molecule has 1 amide bonds. The van der Waals surface area contributed by atoms with Crippen molar-refractivity contribution in [3.8, 4) is 11.4 Å². The van der Waals surface area contributed by atoms with Crippen molar-refractivity contribution < 1.29 is 4.79 Å². The molecule has 1 heterocycles. The molecule has 1 saturated carbocycles. The lowest BCUT2D eigenvalue weighted by molar-refractivity contribution is -0.124. The van der Waals surface area contributed by atoms with Crippen LogP contribution < -0.4 is 5.32 Å². The number of aromatic nitrogens is 4. The van der Waals surface area contributed by atoms with E-state index in [-0.39, 0.29) is 5.91 Å². The van der Waals surface area contributed by atoms with Gasteiger partial charge in [-0.1, -0.05) is 38.1 Å². The molecule has 3 rings (SSSR count). The molecule has 0 aliphatic heterocycles. The first-order valence-electron chi connectivity index (χ1n) is 7.75. The number of rotatable bonds is 5. The van der Waals surface area contributed by atoms with Gasteiger partial charge in [-0.05, 0) is 36.5 Å². The van der Waals surface area contributed by atoms with Crippen LogP contribution in [0.3, 0.4) is 0 Å². The van der Waals surface area contributed by atoms with Crippen LogP contribution in [-0.4, -0.2) is 32.2 Å². The van der Waals surface area contributed by atoms with E-state index in [4.69, 9.17) is 0 Å². The second-order valence-corrected chi connectivity index (χ2v) is 6.17. The van der Waals surface area contributed by atoms with E-state index >= 15 is 0 Å². The normalized spacial score (nSPS) is 15.8. The Morgan fingerprint density at radius 2 is 1.91 bits per heavy atom. The van der Waals surface area contributed by atoms with Crippen LogP contribution in [-0.2, 0) is 4.79 Å². The predicted molar refractivity (Wildman–Crippen MR) is 83.2 cm³/mol. The zero-order valence-electron chi connectivity index (χ0n) is 13.2. The maximum atomic E-state index is 12.0. The molecule has 0 bridgehead atoms. The van der Waals surface area contributed by atoms with Gasteiger partial charge in [-0.15, -0.1) is 10.2 Å². The third-order valence-electron chi connectivity index (χ3n) is 3.91. The number of tetrazole rings is 1. The lowest BCUT2D eigenvalue weighted by atomic mass is 10.0. The summed E-state index contributed by atoms with van der Waals surface area (Å²) in [6, 6.07) is 8.02. The van der Waals surface area contributed by atoms with Crippen LogP contribution in [0.5, 0.6) is 0 Å². The molecule has 1 aromatic heterocycles. The van der Waals surface area contributed by atoms with E-state index in [0.29, 0.717) is 17.8 Å². The average Bonchev–Trinajstić information content (AvgIpc) is 3.19. The van der Waals surface area contributed by atoms with Gasteiger partial charge in [0.15, 0.2) is 0 Å². The predicted octanol–water partition coefficient (Wildman–Crippen LogP) is 2.30. The molecule has 0 radical (unpaired) electrons. The first-order valence-corrected chi connectivity index (χ1v) is 7.75. The SMILES string of the molecule is CC(C)c1ccc(-c2nnn([C@@H](C)C(=O)NC3CC3)n2)cc1. The largest absolute Gasteiger partial charge is 0.351 e. The van der Waals surface area contributed by atoms with Gasteiger partial charge in [0.1, 0.15) is 6.04 Å². The van der Waals surface area contributed by atoms with E-state index in [9.17, 15) is 4.79 Å². The molecule has 2 aromatic rings. The van der Waals surface area contributed by atoms with Crippen molar-refractivity contribution in [2.75, 3.05) is 0 Å². The Bertz CT molecular complexity index is 657.